The Hall–Kier alpha value is -3.83. The fourth-order valence-corrected chi connectivity index (χ4v) is 3.67. The molecule has 0 aliphatic rings. The summed E-state index contributed by atoms with van der Waals surface area (Å²) >= 11 is 0. The summed E-state index contributed by atoms with van der Waals surface area (Å²) in [5.41, 5.74) is 2.51. The number of rotatable bonds is 7. The van der Waals surface area contributed by atoms with Gasteiger partial charge >= 0.3 is 6.18 Å². The van der Waals surface area contributed by atoms with Gasteiger partial charge < -0.3 is 4.90 Å². The number of aromatic nitrogens is 4. The number of nitrogens with zero attached hydrogens (tertiary/aromatic N) is 6. The van der Waals surface area contributed by atoms with E-state index < -0.39 is 30.1 Å². The molecule has 0 aliphatic carbocycles. The monoisotopic (exact) mass is 476 g/mol. The minimum Gasteiger partial charge on any atom is -0.329 e. The van der Waals surface area contributed by atoms with Gasteiger partial charge in [0.1, 0.15) is 6.54 Å². The van der Waals surface area contributed by atoms with Gasteiger partial charge in [-0.2, -0.15) is 18.3 Å². The molecular weight excluding hydrogens is 453 g/mol. The van der Waals surface area contributed by atoms with E-state index in [2.05, 4.69) is 15.1 Å². The Labute approximate surface area is 193 Å². The molecule has 9 nitrogen and oxygen atoms in total. The number of carbonyl (C=O) groups excluding carboxylic acids is 1. The molecular formula is C22H23F3N6O3. The maximum absolute atomic E-state index is 13.3. The lowest BCUT2D eigenvalue weighted by Gasteiger charge is -2.24. The molecule has 180 valence electrons. The van der Waals surface area contributed by atoms with Crippen LogP contribution < -0.4 is 0 Å². The zero-order chi connectivity index (χ0) is 25.2. The lowest BCUT2D eigenvalue weighted by Crippen LogP contribution is -2.39. The summed E-state index contributed by atoms with van der Waals surface area (Å²) in [5.74, 6) is -0.536. The number of benzene rings is 1. The second-order valence-electron chi connectivity index (χ2n) is 7.94. The predicted molar refractivity (Wildman–Crippen MR) is 116 cm³/mol. The van der Waals surface area contributed by atoms with Crippen LogP contribution in [0.25, 0.3) is 5.95 Å². The summed E-state index contributed by atoms with van der Waals surface area (Å²) in [6, 6.07) is 7.19. The van der Waals surface area contributed by atoms with Crippen LogP contribution >= 0.6 is 0 Å². The summed E-state index contributed by atoms with van der Waals surface area (Å²) in [5, 5.41) is 15.7. The van der Waals surface area contributed by atoms with Crippen LogP contribution in [-0.2, 0) is 17.8 Å². The highest BCUT2D eigenvalue weighted by molar-refractivity contribution is 5.79. The maximum atomic E-state index is 13.3. The average Bonchev–Trinajstić information content (AvgIpc) is 3.00. The normalized spacial score (nSPS) is 11.5. The van der Waals surface area contributed by atoms with Gasteiger partial charge in [0, 0.05) is 34.3 Å². The number of hydrogen-bond donors (Lipinski definition) is 0. The molecule has 0 unspecified atom stereocenters. The molecule has 0 saturated heterocycles. The molecule has 0 spiro atoms. The zero-order valence-electron chi connectivity index (χ0n) is 19.0. The second kappa shape index (κ2) is 9.57. The molecule has 1 amide bonds. The van der Waals surface area contributed by atoms with Crippen molar-refractivity contribution in [3.63, 3.8) is 0 Å². The van der Waals surface area contributed by atoms with Crippen molar-refractivity contribution in [1.82, 2.24) is 24.6 Å². The van der Waals surface area contributed by atoms with Crippen molar-refractivity contribution in [3.8, 4) is 5.95 Å². The van der Waals surface area contributed by atoms with Gasteiger partial charge in [-0.05, 0) is 33.8 Å². The number of hydrogen-bond acceptors (Lipinski definition) is 6. The van der Waals surface area contributed by atoms with Crippen molar-refractivity contribution in [2.24, 2.45) is 0 Å². The molecule has 34 heavy (non-hydrogen) atoms. The molecule has 3 rings (SSSR count). The predicted octanol–water partition coefficient (Wildman–Crippen LogP) is 3.94. The summed E-state index contributed by atoms with van der Waals surface area (Å²) in [4.78, 5) is 32.9. The van der Waals surface area contributed by atoms with Gasteiger partial charge in [0.15, 0.2) is 0 Å². The number of halogens is 3. The van der Waals surface area contributed by atoms with E-state index in [1.165, 1.54) is 28.9 Å². The van der Waals surface area contributed by atoms with Gasteiger partial charge in [-0.15, -0.1) is 0 Å². The quantitative estimate of drug-likeness (QED) is 0.378. The van der Waals surface area contributed by atoms with Crippen LogP contribution in [0.2, 0.25) is 0 Å². The van der Waals surface area contributed by atoms with Gasteiger partial charge in [-0.25, -0.2) is 14.6 Å². The third-order valence-corrected chi connectivity index (χ3v) is 5.20. The summed E-state index contributed by atoms with van der Waals surface area (Å²) in [6.07, 6.45) is -5.04. The number of aryl methyl sites for hydroxylation is 3. The average molecular weight is 476 g/mol. The van der Waals surface area contributed by atoms with Gasteiger partial charge in [-0.3, -0.25) is 14.9 Å². The second-order valence-corrected chi connectivity index (χ2v) is 7.94. The first-order chi connectivity index (χ1) is 15.9. The standard InChI is InChI=1S/C22H23F3N6O3/c1-13-9-14(2)27-21(26-13)30-16(4)18(15(3)28-30)10-20(32)29(12-22(23,24)25)11-17-7-5-6-8-19(17)31(33)34/h5-9H,10-12H2,1-4H3. The molecule has 1 aromatic carbocycles. The fraction of sp³-hybridized carbons (Fsp3) is 0.364. The zero-order valence-corrected chi connectivity index (χ0v) is 19.0. The first-order valence-corrected chi connectivity index (χ1v) is 10.3. The van der Waals surface area contributed by atoms with E-state index in [1.54, 1.807) is 33.8 Å². The number of alkyl halides is 3. The number of amides is 1. The van der Waals surface area contributed by atoms with E-state index in [1.807, 2.05) is 0 Å². The van der Waals surface area contributed by atoms with E-state index in [-0.39, 0.29) is 17.7 Å². The Kier molecular flexibility index (Phi) is 6.99. The Morgan fingerprint density at radius 1 is 1.12 bits per heavy atom. The Balaban J connectivity index is 1.93. The molecule has 0 aliphatic heterocycles. The van der Waals surface area contributed by atoms with E-state index in [0.717, 1.165) is 0 Å². The van der Waals surface area contributed by atoms with Gasteiger partial charge in [0.2, 0.25) is 5.91 Å². The first kappa shape index (κ1) is 24.8. The number of nitro groups is 1. The number of carbonyl (C=O) groups is 1. The Morgan fingerprint density at radius 2 is 1.74 bits per heavy atom. The SMILES string of the molecule is Cc1cc(C)nc(-n2nc(C)c(CC(=O)N(Cc3ccccc3[N+](=O)[O-])CC(F)(F)F)c2C)n1. The van der Waals surface area contributed by atoms with E-state index >= 15 is 0 Å². The summed E-state index contributed by atoms with van der Waals surface area (Å²) in [6.45, 7) is 4.83. The van der Waals surface area contributed by atoms with Gasteiger partial charge in [0.05, 0.1) is 23.6 Å². The lowest BCUT2D eigenvalue weighted by molar-refractivity contribution is -0.385. The topological polar surface area (TPSA) is 107 Å². The highest BCUT2D eigenvalue weighted by atomic mass is 19.4. The first-order valence-electron chi connectivity index (χ1n) is 10.3. The number of nitro benzene ring substituents is 1. The van der Waals surface area contributed by atoms with E-state index in [9.17, 15) is 28.1 Å². The molecule has 0 bridgehead atoms. The van der Waals surface area contributed by atoms with Crippen LogP contribution in [0.1, 0.15) is 33.9 Å². The van der Waals surface area contributed by atoms with Crippen molar-refractivity contribution in [1.29, 1.82) is 0 Å². The van der Waals surface area contributed by atoms with Crippen molar-refractivity contribution >= 4 is 11.6 Å². The van der Waals surface area contributed by atoms with E-state index in [0.29, 0.717) is 39.2 Å². The minimum absolute atomic E-state index is 0.0119. The maximum Gasteiger partial charge on any atom is 0.406 e. The molecule has 0 fully saturated rings. The molecule has 0 atom stereocenters. The highest BCUT2D eigenvalue weighted by Gasteiger charge is 2.34. The Bertz CT molecular complexity index is 1220. The van der Waals surface area contributed by atoms with Gasteiger partial charge in [-0.1, -0.05) is 18.2 Å². The van der Waals surface area contributed by atoms with Crippen LogP contribution in [0.3, 0.4) is 0 Å². The Morgan fingerprint density at radius 3 is 2.32 bits per heavy atom. The van der Waals surface area contributed by atoms with Crippen molar-refractivity contribution in [2.45, 2.75) is 46.8 Å². The summed E-state index contributed by atoms with van der Waals surface area (Å²) < 4.78 is 41.2. The van der Waals surface area contributed by atoms with Gasteiger partial charge in [0.25, 0.3) is 11.6 Å². The smallest absolute Gasteiger partial charge is 0.329 e. The third-order valence-electron chi connectivity index (χ3n) is 5.20. The molecule has 0 N–H and O–H groups in total. The van der Waals surface area contributed by atoms with Crippen LogP contribution in [0.5, 0.6) is 0 Å². The lowest BCUT2D eigenvalue weighted by atomic mass is 10.1. The molecule has 0 radical (unpaired) electrons. The highest BCUT2D eigenvalue weighted by Crippen LogP contribution is 2.25. The molecule has 3 aromatic rings. The minimum atomic E-state index is -4.68. The fourth-order valence-electron chi connectivity index (χ4n) is 3.67. The van der Waals surface area contributed by atoms with E-state index in [4.69, 9.17) is 0 Å². The van der Waals surface area contributed by atoms with Crippen molar-refractivity contribution in [2.75, 3.05) is 6.54 Å². The third kappa shape index (κ3) is 5.74. The molecule has 12 heteroatoms. The van der Waals surface area contributed by atoms with Crippen molar-refractivity contribution in [3.05, 3.63) is 74.3 Å². The largest absolute Gasteiger partial charge is 0.406 e. The number of para-hydroxylation sites is 1. The van der Waals surface area contributed by atoms with Crippen LogP contribution in [-0.4, -0.2) is 48.2 Å². The molecule has 2 aromatic heterocycles. The van der Waals surface area contributed by atoms with Crippen LogP contribution in [0, 0.1) is 37.8 Å². The summed E-state index contributed by atoms with van der Waals surface area (Å²) in [7, 11) is 0. The van der Waals surface area contributed by atoms with Crippen LogP contribution in [0.15, 0.2) is 30.3 Å². The molecule has 0 saturated carbocycles. The van der Waals surface area contributed by atoms with Crippen LogP contribution in [0.4, 0.5) is 18.9 Å². The van der Waals surface area contributed by atoms with Crippen molar-refractivity contribution < 1.29 is 22.9 Å². The molecule has 2 heterocycles.